The fourth-order valence-electron chi connectivity index (χ4n) is 2.43. The second kappa shape index (κ2) is 6.40. The van der Waals surface area contributed by atoms with Crippen molar-refractivity contribution in [2.75, 3.05) is 20.8 Å². The zero-order valence-corrected chi connectivity index (χ0v) is 13.6. The number of rotatable bonds is 5. The minimum Gasteiger partial charge on any atom is -0.493 e. The molecule has 0 aliphatic carbocycles. The summed E-state index contributed by atoms with van der Waals surface area (Å²) in [5, 5.41) is 10.0. The number of carbonyl (C=O) groups excluding carboxylic acids is 1. The van der Waals surface area contributed by atoms with Crippen LogP contribution in [0, 0.1) is 0 Å². The largest absolute Gasteiger partial charge is 0.493 e. The molecule has 23 heavy (non-hydrogen) atoms. The number of Topliss-reactive ketones (excluding diaryl/α,β-unsaturated/α-hetero) is 1. The second-order valence-corrected chi connectivity index (χ2v) is 6.10. The van der Waals surface area contributed by atoms with Gasteiger partial charge in [0.2, 0.25) is 0 Å². The van der Waals surface area contributed by atoms with Gasteiger partial charge in [-0.25, -0.2) is 0 Å². The van der Waals surface area contributed by atoms with Crippen LogP contribution in [-0.2, 0) is 0 Å². The number of hydrogen-bond donors (Lipinski definition) is 1. The number of hydrogen-bond acceptors (Lipinski definition) is 5. The summed E-state index contributed by atoms with van der Waals surface area (Å²) < 4.78 is 11.6. The van der Waals surface area contributed by atoms with Gasteiger partial charge in [-0.05, 0) is 41.3 Å². The van der Waals surface area contributed by atoms with Gasteiger partial charge in [0.25, 0.3) is 0 Å². The molecule has 1 N–H and O–H groups in total. The van der Waals surface area contributed by atoms with Crippen LogP contribution in [-0.4, -0.2) is 31.7 Å². The van der Waals surface area contributed by atoms with Gasteiger partial charge in [-0.3, -0.25) is 4.79 Å². The molecule has 0 unspecified atom stereocenters. The van der Waals surface area contributed by atoms with Crippen molar-refractivity contribution < 1.29 is 19.4 Å². The predicted octanol–water partition coefficient (Wildman–Crippen LogP) is 3.76. The summed E-state index contributed by atoms with van der Waals surface area (Å²) in [6, 6.07) is 13.3. The Bertz CT molecular complexity index is 867. The number of methoxy groups -OCH3 is 2. The van der Waals surface area contributed by atoms with E-state index in [0.717, 1.165) is 20.5 Å². The van der Waals surface area contributed by atoms with Crippen molar-refractivity contribution in [2.24, 2.45) is 0 Å². The van der Waals surface area contributed by atoms with Crippen molar-refractivity contribution in [2.45, 2.75) is 0 Å². The van der Waals surface area contributed by atoms with E-state index in [4.69, 9.17) is 14.6 Å². The van der Waals surface area contributed by atoms with Crippen molar-refractivity contribution in [3.05, 3.63) is 48.0 Å². The van der Waals surface area contributed by atoms with Crippen LogP contribution in [0.3, 0.4) is 0 Å². The van der Waals surface area contributed by atoms with E-state index in [-0.39, 0.29) is 5.78 Å². The van der Waals surface area contributed by atoms with Gasteiger partial charge >= 0.3 is 0 Å². The van der Waals surface area contributed by atoms with Crippen LogP contribution >= 0.6 is 11.3 Å². The first kappa shape index (κ1) is 15.5. The van der Waals surface area contributed by atoms with Crippen LogP contribution in [0.1, 0.15) is 10.4 Å². The van der Waals surface area contributed by atoms with E-state index in [0.29, 0.717) is 17.1 Å². The first-order valence-corrected chi connectivity index (χ1v) is 7.88. The molecular weight excluding hydrogens is 312 g/mol. The molecule has 5 heteroatoms. The summed E-state index contributed by atoms with van der Waals surface area (Å²) in [4.78, 5) is 12.7. The number of carbonyl (C=O) groups is 1. The number of ketones is 1. The zero-order chi connectivity index (χ0) is 16.4. The third kappa shape index (κ3) is 2.93. The molecular formula is C18H16O4S. The van der Waals surface area contributed by atoms with E-state index >= 15 is 0 Å². The lowest BCUT2D eigenvalue weighted by Crippen LogP contribution is -2.03. The number of benzene rings is 2. The molecule has 0 saturated carbocycles. The van der Waals surface area contributed by atoms with Crippen molar-refractivity contribution in [3.63, 3.8) is 0 Å². The van der Waals surface area contributed by atoms with Crippen molar-refractivity contribution in [1.82, 2.24) is 0 Å². The molecule has 118 valence electrons. The highest BCUT2D eigenvalue weighted by Gasteiger charge is 2.11. The van der Waals surface area contributed by atoms with Gasteiger partial charge in [0, 0.05) is 15.1 Å². The quantitative estimate of drug-likeness (QED) is 0.725. The first-order chi connectivity index (χ1) is 11.2. The highest BCUT2D eigenvalue weighted by atomic mass is 32.1. The third-order valence-corrected chi connectivity index (χ3v) is 4.80. The lowest BCUT2D eigenvalue weighted by atomic mass is 10.1. The van der Waals surface area contributed by atoms with Crippen LogP contribution in [0.2, 0.25) is 0 Å². The summed E-state index contributed by atoms with van der Waals surface area (Å²) in [5.41, 5.74) is 1.56. The average molecular weight is 328 g/mol. The molecule has 0 fully saturated rings. The number of thiophene rings is 1. The molecule has 3 aromatic rings. The Balaban J connectivity index is 2.05. The minimum atomic E-state index is -0.473. The molecule has 0 aliphatic heterocycles. The summed E-state index contributed by atoms with van der Waals surface area (Å²) in [5.74, 6) is 1.10. The van der Waals surface area contributed by atoms with Gasteiger partial charge in [0.1, 0.15) is 6.61 Å². The standard InChI is InChI=1S/C18H16O4S/c1-21-15-6-5-12(7-16(15)22-2)18-9-13-4-3-11(14(20)10-19)8-17(13)23-18/h3-9,19H,10H2,1-2H3. The topological polar surface area (TPSA) is 55.8 Å². The lowest BCUT2D eigenvalue weighted by Gasteiger charge is -2.08. The molecule has 0 saturated heterocycles. The highest BCUT2D eigenvalue weighted by molar-refractivity contribution is 7.22. The van der Waals surface area contributed by atoms with E-state index in [9.17, 15) is 4.79 Å². The van der Waals surface area contributed by atoms with Crippen LogP contribution in [0.25, 0.3) is 20.5 Å². The predicted molar refractivity (Wildman–Crippen MR) is 91.8 cm³/mol. The molecule has 4 nitrogen and oxygen atoms in total. The summed E-state index contributed by atoms with van der Waals surface area (Å²) >= 11 is 1.59. The third-order valence-electron chi connectivity index (χ3n) is 3.65. The maximum atomic E-state index is 11.6. The molecule has 0 aliphatic rings. The maximum absolute atomic E-state index is 11.6. The fourth-order valence-corrected chi connectivity index (χ4v) is 3.53. The molecule has 2 aromatic carbocycles. The molecule has 0 radical (unpaired) electrons. The van der Waals surface area contributed by atoms with Crippen LogP contribution in [0.5, 0.6) is 11.5 Å². The number of aliphatic hydroxyl groups is 1. The van der Waals surface area contributed by atoms with E-state index in [1.807, 2.05) is 30.3 Å². The van der Waals surface area contributed by atoms with Crippen molar-refractivity contribution >= 4 is 27.2 Å². The Morgan fingerprint density at radius 3 is 2.52 bits per heavy atom. The second-order valence-electron chi connectivity index (χ2n) is 5.01. The summed E-state index contributed by atoms with van der Waals surface area (Å²) in [6.07, 6.45) is 0. The van der Waals surface area contributed by atoms with E-state index in [1.54, 1.807) is 31.6 Å². The Morgan fingerprint density at radius 1 is 1.04 bits per heavy atom. The summed E-state index contributed by atoms with van der Waals surface area (Å²) in [7, 11) is 3.22. The molecule has 0 amide bonds. The molecule has 1 aromatic heterocycles. The SMILES string of the molecule is COc1ccc(-c2cc3ccc(C(=O)CO)cc3s2)cc1OC. The minimum absolute atomic E-state index is 0.270. The monoisotopic (exact) mass is 328 g/mol. The molecule has 0 bridgehead atoms. The van der Waals surface area contributed by atoms with Gasteiger partial charge in [-0.15, -0.1) is 11.3 Å². The fraction of sp³-hybridized carbons (Fsp3) is 0.167. The Morgan fingerprint density at radius 2 is 1.83 bits per heavy atom. The maximum Gasteiger partial charge on any atom is 0.188 e. The van der Waals surface area contributed by atoms with Gasteiger partial charge in [0.15, 0.2) is 17.3 Å². The smallest absolute Gasteiger partial charge is 0.188 e. The Hall–Kier alpha value is -2.37. The van der Waals surface area contributed by atoms with Crippen LogP contribution in [0.4, 0.5) is 0 Å². The van der Waals surface area contributed by atoms with Crippen LogP contribution < -0.4 is 9.47 Å². The Labute approximate surface area is 137 Å². The van der Waals surface area contributed by atoms with Gasteiger partial charge in [0.05, 0.1) is 14.2 Å². The summed E-state index contributed by atoms with van der Waals surface area (Å²) in [6.45, 7) is -0.473. The van der Waals surface area contributed by atoms with Crippen LogP contribution in [0.15, 0.2) is 42.5 Å². The first-order valence-electron chi connectivity index (χ1n) is 7.06. The van der Waals surface area contributed by atoms with E-state index in [1.165, 1.54) is 0 Å². The molecule has 0 spiro atoms. The van der Waals surface area contributed by atoms with Gasteiger partial charge < -0.3 is 14.6 Å². The average Bonchev–Trinajstić information content (AvgIpc) is 3.03. The highest BCUT2D eigenvalue weighted by Crippen LogP contribution is 2.38. The molecule has 1 heterocycles. The van der Waals surface area contributed by atoms with Gasteiger partial charge in [-0.2, -0.15) is 0 Å². The molecule has 0 atom stereocenters. The Kier molecular flexibility index (Phi) is 4.32. The zero-order valence-electron chi connectivity index (χ0n) is 12.8. The van der Waals surface area contributed by atoms with Crippen molar-refractivity contribution in [1.29, 1.82) is 0 Å². The molecule has 3 rings (SSSR count). The normalized spacial score (nSPS) is 10.7. The van der Waals surface area contributed by atoms with E-state index in [2.05, 4.69) is 6.07 Å². The number of aliphatic hydroxyl groups excluding tert-OH is 1. The number of ether oxygens (including phenoxy) is 2. The van der Waals surface area contributed by atoms with Gasteiger partial charge in [-0.1, -0.05) is 12.1 Å². The van der Waals surface area contributed by atoms with E-state index < -0.39 is 6.61 Å². The van der Waals surface area contributed by atoms with Crippen molar-refractivity contribution in [3.8, 4) is 21.9 Å². The lowest BCUT2D eigenvalue weighted by molar-refractivity contribution is 0.0904. The number of fused-ring (bicyclic) bond motifs is 1.